The zero-order valence-electron chi connectivity index (χ0n) is 16.1. The Bertz CT molecular complexity index is 855. The summed E-state index contributed by atoms with van der Waals surface area (Å²) in [5.74, 6) is -0.392. The van der Waals surface area contributed by atoms with Crippen LogP contribution in [-0.2, 0) is 9.59 Å². The number of aliphatic hydroxyl groups is 1. The number of carbonyl (C=O) groups excluding carboxylic acids is 2. The second-order valence-corrected chi connectivity index (χ2v) is 7.81. The van der Waals surface area contributed by atoms with Crippen LogP contribution in [0.3, 0.4) is 0 Å². The molecule has 0 spiro atoms. The van der Waals surface area contributed by atoms with Gasteiger partial charge < -0.3 is 15.7 Å². The van der Waals surface area contributed by atoms with Crippen molar-refractivity contribution in [3.05, 3.63) is 69.8 Å². The van der Waals surface area contributed by atoms with Gasteiger partial charge in [-0.2, -0.15) is 0 Å². The Morgan fingerprint density at radius 1 is 1.14 bits per heavy atom. The van der Waals surface area contributed by atoms with Gasteiger partial charge in [0.2, 0.25) is 11.8 Å². The largest absolute Gasteiger partial charge is 0.387 e. The molecule has 0 aliphatic carbocycles. The van der Waals surface area contributed by atoms with Crippen LogP contribution in [0.2, 0.25) is 0 Å². The van der Waals surface area contributed by atoms with Crippen molar-refractivity contribution in [2.24, 2.45) is 0 Å². The molecule has 9 heteroatoms. The molecule has 2 aromatic rings. The number of rotatable bonds is 9. The Morgan fingerprint density at radius 2 is 1.76 bits per heavy atom. The van der Waals surface area contributed by atoms with E-state index in [0.717, 1.165) is 5.56 Å². The number of carbonyl (C=O) groups is 2. The van der Waals surface area contributed by atoms with Crippen LogP contribution in [0, 0.1) is 17.0 Å². The molecule has 0 aliphatic heterocycles. The van der Waals surface area contributed by atoms with Crippen LogP contribution in [0.1, 0.15) is 24.2 Å². The summed E-state index contributed by atoms with van der Waals surface area (Å²) >= 11 is 1.19. The van der Waals surface area contributed by atoms with Gasteiger partial charge in [0, 0.05) is 24.4 Å². The van der Waals surface area contributed by atoms with E-state index in [0.29, 0.717) is 11.3 Å². The Kier molecular flexibility index (Phi) is 8.17. The van der Waals surface area contributed by atoms with Crippen molar-refractivity contribution in [3.63, 3.8) is 0 Å². The van der Waals surface area contributed by atoms with Gasteiger partial charge in [-0.1, -0.05) is 17.7 Å². The van der Waals surface area contributed by atoms with Crippen molar-refractivity contribution < 1.29 is 19.6 Å². The standard InChI is InChI=1S/C20H23N3O5S/c1-13-3-7-16(8-4-13)22-19(25)12-29-14(2)20(26)21-11-18(24)15-5-9-17(10-6-15)23(27)28/h3-10,14,18,24H,11-12H2,1-2H3,(H,21,26)(H,22,25)/t14-,18-/m0/s1. The zero-order valence-corrected chi connectivity index (χ0v) is 16.9. The summed E-state index contributed by atoms with van der Waals surface area (Å²) in [6.07, 6.45) is -0.984. The molecular formula is C20H23N3O5S. The number of nitro benzene ring substituents is 1. The smallest absolute Gasteiger partial charge is 0.269 e. The third-order valence-corrected chi connectivity index (χ3v) is 5.27. The van der Waals surface area contributed by atoms with Crippen LogP contribution in [0.25, 0.3) is 0 Å². The SMILES string of the molecule is Cc1ccc(NC(=O)CS[C@@H](C)C(=O)NC[C@H](O)c2ccc([N+](=O)[O-])cc2)cc1. The molecule has 2 aromatic carbocycles. The van der Waals surface area contributed by atoms with Crippen molar-refractivity contribution in [2.45, 2.75) is 25.2 Å². The summed E-state index contributed by atoms with van der Waals surface area (Å²) in [5, 5.41) is 25.7. The predicted molar refractivity (Wildman–Crippen MR) is 113 cm³/mol. The van der Waals surface area contributed by atoms with E-state index in [2.05, 4.69) is 10.6 Å². The van der Waals surface area contributed by atoms with Crippen LogP contribution >= 0.6 is 11.8 Å². The van der Waals surface area contributed by atoms with E-state index < -0.39 is 16.3 Å². The lowest BCUT2D eigenvalue weighted by molar-refractivity contribution is -0.384. The Hall–Kier alpha value is -2.91. The summed E-state index contributed by atoms with van der Waals surface area (Å²) < 4.78 is 0. The normalized spacial score (nSPS) is 12.7. The number of thioether (sulfide) groups is 1. The van der Waals surface area contributed by atoms with E-state index in [1.165, 1.54) is 36.0 Å². The lowest BCUT2D eigenvalue weighted by atomic mass is 10.1. The van der Waals surface area contributed by atoms with E-state index >= 15 is 0 Å². The molecule has 0 heterocycles. The lowest BCUT2D eigenvalue weighted by Gasteiger charge is -2.15. The minimum atomic E-state index is -0.984. The van der Waals surface area contributed by atoms with Crippen LogP contribution in [0.5, 0.6) is 0 Å². The first-order valence-corrected chi connectivity index (χ1v) is 9.99. The third-order valence-electron chi connectivity index (χ3n) is 4.13. The molecule has 8 nitrogen and oxygen atoms in total. The molecular weight excluding hydrogens is 394 g/mol. The predicted octanol–water partition coefficient (Wildman–Crippen LogP) is 2.81. The first-order valence-electron chi connectivity index (χ1n) is 8.94. The Balaban J connectivity index is 1.74. The van der Waals surface area contributed by atoms with E-state index in [4.69, 9.17) is 0 Å². The summed E-state index contributed by atoms with van der Waals surface area (Å²) in [6.45, 7) is 3.61. The van der Waals surface area contributed by atoms with Crippen molar-refractivity contribution >= 4 is 35.0 Å². The van der Waals surface area contributed by atoms with Gasteiger partial charge in [-0.25, -0.2) is 0 Å². The summed E-state index contributed by atoms with van der Waals surface area (Å²) in [6, 6.07) is 12.9. The number of hydrogen-bond donors (Lipinski definition) is 3. The molecule has 0 saturated carbocycles. The van der Waals surface area contributed by atoms with Gasteiger partial charge in [0.1, 0.15) is 0 Å². The second-order valence-electron chi connectivity index (χ2n) is 6.48. The fourth-order valence-electron chi connectivity index (χ4n) is 2.39. The highest BCUT2D eigenvalue weighted by atomic mass is 32.2. The number of benzene rings is 2. The van der Waals surface area contributed by atoms with Crippen LogP contribution in [-0.4, -0.2) is 39.4 Å². The van der Waals surface area contributed by atoms with Crippen molar-refractivity contribution in [3.8, 4) is 0 Å². The molecule has 0 unspecified atom stereocenters. The molecule has 2 atom stereocenters. The average molecular weight is 417 g/mol. The summed E-state index contributed by atoms with van der Waals surface area (Å²) in [4.78, 5) is 34.3. The highest BCUT2D eigenvalue weighted by Crippen LogP contribution is 2.18. The van der Waals surface area contributed by atoms with Gasteiger partial charge in [0.25, 0.3) is 5.69 Å². The number of nitro groups is 1. The van der Waals surface area contributed by atoms with Crippen molar-refractivity contribution in [2.75, 3.05) is 17.6 Å². The summed E-state index contributed by atoms with van der Waals surface area (Å²) in [7, 11) is 0. The number of non-ortho nitro benzene ring substituents is 1. The molecule has 2 rings (SSSR count). The molecule has 0 aromatic heterocycles. The first-order chi connectivity index (χ1) is 13.8. The van der Waals surface area contributed by atoms with Crippen LogP contribution in [0.4, 0.5) is 11.4 Å². The summed E-state index contributed by atoms with van der Waals surface area (Å²) in [5.41, 5.74) is 2.19. The number of aliphatic hydroxyl groups excluding tert-OH is 1. The minimum absolute atomic E-state index is 0.0306. The second kappa shape index (κ2) is 10.6. The number of nitrogens with zero attached hydrogens (tertiary/aromatic N) is 1. The number of aryl methyl sites for hydroxylation is 1. The minimum Gasteiger partial charge on any atom is -0.387 e. The van der Waals surface area contributed by atoms with Crippen LogP contribution in [0.15, 0.2) is 48.5 Å². The Labute approximate surface area is 172 Å². The van der Waals surface area contributed by atoms with Gasteiger partial charge >= 0.3 is 0 Å². The van der Waals surface area contributed by atoms with Gasteiger partial charge in [-0.05, 0) is 43.7 Å². The van der Waals surface area contributed by atoms with Gasteiger partial charge in [-0.15, -0.1) is 11.8 Å². The molecule has 0 aliphatic rings. The molecule has 3 N–H and O–H groups in total. The van der Waals surface area contributed by atoms with Gasteiger partial charge in [-0.3, -0.25) is 19.7 Å². The molecule has 0 bridgehead atoms. The highest BCUT2D eigenvalue weighted by molar-refractivity contribution is 8.01. The fourth-order valence-corrected chi connectivity index (χ4v) is 3.10. The molecule has 0 saturated heterocycles. The van der Waals surface area contributed by atoms with E-state index in [1.807, 2.05) is 31.2 Å². The lowest BCUT2D eigenvalue weighted by Crippen LogP contribution is -2.34. The molecule has 29 heavy (non-hydrogen) atoms. The quantitative estimate of drug-likeness (QED) is 0.426. The van der Waals surface area contributed by atoms with Crippen molar-refractivity contribution in [1.82, 2.24) is 5.32 Å². The molecule has 0 radical (unpaired) electrons. The van der Waals surface area contributed by atoms with Crippen LogP contribution < -0.4 is 10.6 Å². The Morgan fingerprint density at radius 3 is 2.34 bits per heavy atom. The highest BCUT2D eigenvalue weighted by Gasteiger charge is 2.17. The zero-order chi connectivity index (χ0) is 21.4. The van der Waals surface area contributed by atoms with E-state index in [1.54, 1.807) is 6.92 Å². The van der Waals surface area contributed by atoms with E-state index in [9.17, 15) is 24.8 Å². The topological polar surface area (TPSA) is 122 Å². The van der Waals surface area contributed by atoms with Crippen molar-refractivity contribution in [1.29, 1.82) is 0 Å². The fraction of sp³-hybridized carbons (Fsp3) is 0.300. The van der Waals surface area contributed by atoms with Gasteiger partial charge in [0.15, 0.2) is 0 Å². The first kappa shape index (κ1) is 22.4. The molecule has 154 valence electrons. The maximum absolute atomic E-state index is 12.2. The van der Waals surface area contributed by atoms with Gasteiger partial charge in [0.05, 0.1) is 22.0 Å². The third kappa shape index (κ3) is 7.20. The maximum Gasteiger partial charge on any atom is 0.269 e. The molecule has 2 amide bonds. The molecule has 0 fully saturated rings. The number of amides is 2. The maximum atomic E-state index is 12.2. The number of nitrogens with one attached hydrogen (secondary N) is 2. The monoisotopic (exact) mass is 417 g/mol. The number of hydrogen-bond acceptors (Lipinski definition) is 6. The number of anilines is 1. The average Bonchev–Trinajstić information content (AvgIpc) is 2.71. The van der Waals surface area contributed by atoms with E-state index in [-0.39, 0.29) is 29.8 Å².